The van der Waals surface area contributed by atoms with Crippen molar-refractivity contribution in [1.29, 1.82) is 0 Å². The second-order valence-corrected chi connectivity index (χ2v) is 8.21. The summed E-state index contributed by atoms with van der Waals surface area (Å²) in [4.78, 5) is 14.6. The van der Waals surface area contributed by atoms with Gasteiger partial charge < -0.3 is 19.5 Å². The fraction of sp³-hybridized carbons (Fsp3) is 0.409. The van der Waals surface area contributed by atoms with E-state index in [9.17, 15) is 9.90 Å². The number of carbonyl (C=O) groups excluding carboxylic acids is 1. The Bertz CT molecular complexity index is 893. The molecule has 1 aliphatic heterocycles. The number of aliphatic hydroxyl groups is 1. The smallest absolute Gasteiger partial charge is 0.255 e. The van der Waals surface area contributed by atoms with Gasteiger partial charge in [0.1, 0.15) is 11.5 Å². The predicted octanol–water partition coefficient (Wildman–Crippen LogP) is 5.51. The third kappa shape index (κ3) is 4.80. The van der Waals surface area contributed by atoms with Crippen molar-refractivity contribution in [1.82, 2.24) is 4.90 Å². The molecule has 7 heteroatoms. The number of piperidine rings is 1. The molecule has 0 aromatic heterocycles. The highest BCUT2D eigenvalue weighted by Crippen LogP contribution is 2.40. The number of likely N-dealkylation sites (tertiary alicyclic amines) is 1. The van der Waals surface area contributed by atoms with Gasteiger partial charge in [0, 0.05) is 18.7 Å². The van der Waals surface area contributed by atoms with E-state index in [4.69, 9.17) is 32.7 Å². The number of hydrogen-bond donors (Lipinski definition) is 1. The third-order valence-electron chi connectivity index (χ3n) is 5.07. The molecule has 156 valence electrons. The van der Waals surface area contributed by atoms with Crippen LogP contribution in [-0.2, 0) is 0 Å². The van der Waals surface area contributed by atoms with E-state index in [1.807, 2.05) is 12.1 Å². The summed E-state index contributed by atoms with van der Waals surface area (Å²) in [5, 5.41) is 10.2. The number of hydrogen-bond acceptors (Lipinski definition) is 4. The van der Waals surface area contributed by atoms with Crippen LogP contribution in [0, 0.1) is 0 Å². The number of aliphatic hydroxyl groups excluding tert-OH is 1. The molecule has 29 heavy (non-hydrogen) atoms. The lowest BCUT2D eigenvalue weighted by Crippen LogP contribution is -2.40. The second kappa shape index (κ2) is 9.24. The minimum Gasteiger partial charge on any atom is -0.496 e. The molecule has 0 saturated carbocycles. The van der Waals surface area contributed by atoms with E-state index in [0.717, 1.165) is 11.3 Å². The predicted molar refractivity (Wildman–Crippen MR) is 115 cm³/mol. The molecular formula is C22H25Cl2NO4. The zero-order valence-corrected chi connectivity index (χ0v) is 18.3. The summed E-state index contributed by atoms with van der Waals surface area (Å²) in [6.07, 6.45) is 0.762. The molecule has 0 spiro atoms. The van der Waals surface area contributed by atoms with Gasteiger partial charge >= 0.3 is 0 Å². The molecule has 1 amide bonds. The molecule has 0 radical (unpaired) electrons. The molecule has 0 aliphatic carbocycles. The number of benzene rings is 2. The normalized spacial score (nSPS) is 14.9. The van der Waals surface area contributed by atoms with Crippen molar-refractivity contribution >= 4 is 29.1 Å². The average molecular weight is 438 g/mol. The molecule has 0 atom stereocenters. The first-order chi connectivity index (χ1) is 13.8. The molecule has 0 bridgehead atoms. The molecule has 1 fully saturated rings. The Hall–Kier alpha value is -1.95. The van der Waals surface area contributed by atoms with Crippen LogP contribution in [0.1, 0.15) is 48.5 Å². The van der Waals surface area contributed by atoms with Gasteiger partial charge in [0.2, 0.25) is 0 Å². The molecular weight excluding hydrogens is 413 g/mol. The first kappa shape index (κ1) is 21.8. The monoisotopic (exact) mass is 437 g/mol. The highest BCUT2D eigenvalue weighted by atomic mass is 35.5. The van der Waals surface area contributed by atoms with Crippen LogP contribution in [-0.4, -0.2) is 42.2 Å². The van der Waals surface area contributed by atoms with Gasteiger partial charge in [-0.2, -0.15) is 0 Å². The summed E-state index contributed by atoms with van der Waals surface area (Å²) in [5.74, 6) is 1.63. The Kier molecular flexibility index (Phi) is 6.93. The number of nitrogens with zero attached hydrogens (tertiary/aromatic N) is 1. The number of amides is 1. The van der Waals surface area contributed by atoms with Crippen LogP contribution < -0.4 is 9.47 Å². The van der Waals surface area contributed by atoms with Gasteiger partial charge in [0.25, 0.3) is 5.91 Å². The Balaban J connectivity index is 1.90. The van der Waals surface area contributed by atoms with Crippen molar-refractivity contribution in [2.75, 3.05) is 20.2 Å². The van der Waals surface area contributed by atoms with Crippen LogP contribution in [0.4, 0.5) is 0 Å². The molecule has 2 aromatic rings. The minimum absolute atomic E-state index is 0.176. The fourth-order valence-corrected chi connectivity index (χ4v) is 3.90. The standard InChI is InChI=1S/C22H25Cl2NO4/c1-13(2)17-12-15(4-7-19(17)28-3)29-21-18(23)6-5-16(20(21)24)22(27)25-10-8-14(26)9-11-25/h4-7,12-14,26H,8-11H2,1-3H3. The highest BCUT2D eigenvalue weighted by Gasteiger charge is 2.26. The SMILES string of the molecule is COc1ccc(Oc2c(Cl)ccc(C(=O)N3CCC(O)CC3)c2Cl)cc1C(C)C. The molecule has 2 aromatic carbocycles. The van der Waals surface area contributed by atoms with Gasteiger partial charge in [-0.25, -0.2) is 0 Å². The molecule has 1 heterocycles. The summed E-state index contributed by atoms with van der Waals surface area (Å²) in [7, 11) is 1.63. The molecule has 1 aliphatic rings. The third-order valence-corrected chi connectivity index (χ3v) is 5.75. The van der Waals surface area contributed by atoms with Gasteiger partial charge in [0.15, 0.2) is 5.75 Å². The summed E-state index contributed by atoms with van der Waals surface area (Å²) in [5.41, 5.74) is 1.33. The average Bonchev–Trinajstić information content (AvgIpc) is 2.71. The number of rotatable bonds is 5. The van der Waals surface area contributed by atoms with Crippen LogP contribution in [0.2, 0.25) is 10.0 Å². The van der Waals surface area contributed by atoms with E-state index >= 15 is 0 Å². The van der Waals surface area contributed by atoms with E-state index in [2.05, 4.69) is 13.8 Å². The zero-order chi connectivity index (χ0) is 21.1. The lowest BCUT2D eigenvalue weighted by atomic mass is 10.0. The Morgan fingerprint density at radius 1 is 1.17 bits per heavy atom. The zero-order valence-electron chi connectivity index (χ0n) is 16.7. The van der Waals surface area contributed by atoms with Crippen molar-refractivity contribution in [2.45, 2.75) is 38.7 Å². The second-order valence-electron chi connectivity index (χ2n) is 7.42. The first-order valence-corrected chi connectivity index (χ1v) is 10.4. The lowest BCUT2D eigenvalue weighted by Gasteiger charge is -2.30. The fourth-order valence-electron chi connectivity index (χ4n) is 3.38. The number of halogens is 2. The number of carbonyl (C=O) groups is 1. The van der Waals surface area contributed by atoms with E-state index < -0.39 is 0 Å². The van der Waals surface area contributed by atoms with Crippen molar-refractivity contribution < 1.29 is 19.4 Å². The number of ether oxygens (including phenoxy) is 2. The molecule has 0 unspecified atom stereocenters. The maximum Gasteiger partial charge on any atom is 0.255 e. The van der Waals surface area contributed by atoms with Crippen LogP contribution in [0.5, 0.6) is 17.2 Å². The Morgan fingerprint density at radius 2 is 1.86 bits per heavy atom. The maximum absolute atomic E-state index is 12.9. The van der Waals surface area contributed by atoms with Gasteiger partial charge in [-0.3, -0.25) is 4.79 Å². The van der Waals surface area contributed by atoms with Crippen LogP contribution in [0.3, 0.4) is 0 Å². The Morgan fingerprint density at radius 3 is 2.48 bits per heavy atom. The van der Waals surface area contributed by atoms with E-state index in [0.29, 0.717) is 42.3 Å². The minimum atomic E-state index is -0.358. The maximum atomic E-state index is 12.9. The summed E-state index contributed by atoms with van der Waals surface area (Å²) in [6, 6.07) is 8.72. The van der Waals surface area contributed by atoms with Gasteiger partial charge in [0.05, 0.1) is 28.8 Å². The van der Waals surface area contributed by atoms with Crippen molar-refractivity contribution in [3.8, 4) is 17.2 Å². The first-order valence-electron chi connectivity index (χ1n) is 9.63. The van der Waals surface area contributed by atoms with Crippen LogP contribution in [0.25, 0.3) is 0 Å². The Labute approximate surface area is 181 Å². The molecule has 1 N–H and O–H groups in total. The molecule has 1 saturated heterocycles. The van der Waals surface area contributed by atoms with Crippen LogP contribution >= 0.6 is 23.2 Å². The number of methoxy groups -OCH3 is 1. The van der Waals surface area contributed by atoms with Crippen molar-refractivity contribution in [3.05, 3.63) is 51.5 Å². The van der Waals surface area contributed by atoms with Crippen LogP contribution in [0.15, 0.2) is 30.3 Å². The highest BCUT2D eigenvalue weighted by molar-refractivity contribution is 6.39. The van der Waals surface area contributed by atoms with Crippen molar-refractivity contribution in [3.63, 3.8) is 0 Å². The topological polar surface area (TPSA) is 59.0 Å². The quantitative estimate of drug-likeness (QED) is 0.669. The van der Waals surface area contributed by atoms with E-state index in [1.54, 1.807) is 30.2 Å². The van der Waals surface area contributed by atoms with E-state index in [-0.39, 0.29) is 28.7 Å². The van der Waals surface area contributed by atoms with Gasteiger partial charge in [-0.1, -0.05) is 37.0 Å². The van der Waals surface area contributed by atoms with Gasteiger partial charge in [-0.05, 0) is 49.1 Å². The lowest BCUT2D eigenvalue weighted by molar-refractivity contribution is 0.0546. The van der Waals surface area contributed by atoms with E-state index in [1.165, 1.54) is 0 Å². The largest absolute Gasteiger partial charge is 0.496 e. The van der Waals surface area contributed by atoms with Gasteiger partial charge in [-0.15, -0.1) is 0 Å². The summed E-state index contributed by atoms with van der Waals surface area (Å²) >= 11 is 12.9. The molecule has 3 rings (SSSR count). The summed E-state index contributed by atoms with van der Waals surface area (Å²) in [6.45, 7) is 5.11. The summed E-state index contributed by atoms with van der Waals surface area (Å²) < 4.78 is 11.4. The van der Waals surface area contributed by atoms with Crippen molar-refractivity contribution in [2.24, 2.45) is 0 Å². The molecule has 5 nitrogen and oxygen atoms in total.